The number of nitrogens with two attached hydrogens (primary N) is 1. The average Bonchev–Trinajstić information content (AvgIpc) is 2.90. The molecule has 0 radical (unpaired) electrons. The van der Waals surface area contributed by atoms with Crippen molar-refractivity contribution in [2.24, 2.45) is 0 Å². The summed E-state index contributed by atoms with van der Waals surface area (Å²) in [4.78, 5) is 14.1. The molecule has 3 aromatic rings. The number of imidazole rings is 1. The summed E-state index contributed by atoms with van der Waals surface area (Å²) >= 11 is 7.58. The number of aromatic nitrogens is 4. The highest BCUT2D eigenvalue weighted by atomic mass is 35.5. The number of aryl methyl sites for hydroxylation is 1. The van der Waals surface area contributed by atoms with Crippen molar-refractivity contribution in [2.45, 2.75) is 36.4 Å². The minimum atomic E-state index is 0.0457. The van der Waals surface area contributed by atoms with Crippen molar-refractivity contribution in [1.29, 1.82) is 0 Å². The molecule has 1 aromatic carbocycles. The molecule has 2 aromatic heterocycles. The molecule has 122 valence electrons. The largest absolute Gasteiger partial charge is 0.382 e. The average molecular weight is 358 g/mol. The van der Waals surface area contributed by atoms with Gasteiger partial charge in [-0.3, -0.25) is 4.57 Å². The maximum atomic E-state index is 6.04. The van der Waals surface area contributed by atoms with Gasteiger partial charge in [-0.25, -0.2) is 15.0 Å². The zero-order chi connectivity index (χ0) is 17.3. The van der Waals surface area contributed by atoms with Crippen LogP contribution in [0.5, 0.6) is 0 Å². The van der Waals surface area contributed by atoms with Crippen LogP contribution in [0.25, 0.3) is 11.2 Å². The Kier molecular flexibility index (Phi) is 4.65. The lowest BCUT2D eigenvalue weighted by Crippen LogP contribution is -2.07. The topological polar surface area (TPSA) is 69.6 Å². The van der Waals surface area contributed by atoms with Crippen LogP contribution in [0.2, 0.25) is 5.02 Å². The van der Waals surface area contributed by atoms with Gasteiger partial charge in [0.25, 0.3) is 0 Å². The van der Waals surface area contributed by atoms with Gasteiger partial charge in [0.05, 0.1) is 0 Å². The summed E-state index contributed by atoms with van der Waals surface area (Å²) < 4.78 is 2.02. The highest BCUT2D eigenvalue weighted by Crippen LogP contribution is 2.35. The van der Waals surface area contributed by atoms with Crippen LogP contribution < -0.4 is 5.73 Å². The standard InChI is InChI=1S/C17H16ClN5S/c1-4-5-11(3)23-16-14(15(19)20-9-21-16)22-17(23)24-13-7-6-12(18)8-10(13)2/h1,6-9,11H,5H2,2-3H3,(H2,19,20,21). The first-order chi connectivity index (χ1) is 11.5. The van der Waals surface area contributed by atoms with Gasteiger partial charge < -0.3 is 5.73 Å². The van der Waals surface area contributed by atoms with Crippen LogP contribution in [0, 0.1) is 19.3 Å². The van der Waals surface area contributed by atoms with E-state index in [2.05, 4.69) is 20.9 Å². The Morgan fingerprint density at radius 3 is 2.92 bits per heavy atom. The zero-order valence-electron chi connectivity index (χ0n) is 13.3. The minimum Gasteiger partial charge on any atom is -0.382 e. The Bertz CT molecular complexity index is 944. The monoisotopic (exact) mass is 357 g/mol. The lowest BCUT2D eigenvalue weighted by Gasteiger charge is -2.14. The number of nitrogen functional groups attached to an aromatic ring is 1. The van der Waals surface area contributed by atoms with Crippen molar-refractivity contribution in [1.82, 2.24) is 19.5 Å². The third kappa shape index (κ3) is 3.05. The predicted octanol–water partition coefficient (Wildman–Crippen LogP) is 4.11. The van der Waals surface area contributed by atoms with E-state index < -0.39 is 0 Å². The minimum absolute atomic E-state index is 0.0457. The van der Waals surface area contributed by atoms with Crippen molar-refractivity contribution in [3.05, 3.63) is 35.1 Å². The Labute approximate surface area is 149 Å². The molecule has 7 heteroatoms. The summed E-state index contributed by atoms with van der Waals surface area (Å²) in [5, 5.41) is 1.49. The second kappa shape index (κ2) is 6.71. The molecule has 1 atom stereocenters. The van der Waals surface area contributed by atoms with E-state index in [1.54, 1.807) is 0 Å². The molecule has 0 saturated heterocycles. The van der Waals surface area contributed by atoms with E-state index in [9.17, 15) is 0 Å². The van der Waals surface area contributed by atoms with Gasteiger partial charge in [0.15, 0.2) is 22.1 Å². The number of terminal acetylenes is 1. The molecule has 0 aliphatic heterocycles. The Hall–Kier alpha value is -2.23. The van der Waals surface area contributed by atoms with E-state index in [0.717, 1.165) is 15.6 Å². The first-order valence-corrected chi connectivity index (χ1v) is 8.56. The molecule has 24 heavy (non-hydrogen) atoms. The molecule has 0 saturated carbocycles. The number of hydrogen-bond donors (Lipinski definition) is 1. The molecule has 0 aliphatic carbocycles. The van der Waals surface area contributed by atoms with Crippen LogP contribution in [0.1, 0.15) is 24.9 Å². The summed E-state index contributed by atoms with van der Waals surface area (Å²) in [5.41, 5.74) is 8.33. The van der Waals surface area contributed by atoms with Gasteiger partial charge in [-0.05, 0) is 37.6 Å². The summed E-state index contributed by atoms with van der Waals surface area (Å²) in [6, 6.07) is 5.82. The van der Waals surface area contributed by atoms with Crippen LogP contribution in [0.15, 0.2) is 34.6 Å². The van der Waals surface area contributed by atoms with Crippen molar-refractivity contribution < 1.29 is 0 Å². The van der Waals surface area contributed by atoms with Gasteiger partial charge in [-0.2, -0.15) is 0 Å². The molecule has 0 fully saturated rings. The molecule has 2 N–H and O–H groups in total. The van der Waals surface area contributed by atoms with Gasteiger partial charge in [0, 0.05) is 22.4 Å². The third-order valence-electron chi connectivity index (χ3n) is 3.67. The van der Waals surface area contributed by atoms with E-state index >= 15 is 0 Å². The maximum absolute atomic E-state index is 6.04. The molecule has 0 spiro atoms. The second-order valence-electron chi connectivity index (χ2n) is 5.46. The molecule has 0 amide bonds. The Morgan fingerprint density at radius 1 is 1.42 bits per heavy atom. The van der Waals surface area contributed by atoms with Gasteiger partial charge >= 0.3 is 0 Å². The predicted molar refractivity (Wildman–Crippen MR) is 98.2 cm³/mol. The van der Waals surface area contributed by atoms with E-state index in [1.165, 1.54) is 18.1 Å². The molecule has 0 bridgehead atoms. The fraction of sp³-hybridized carbons (Fsp3) is 0.235. The van der Waals surface area contributed by atoms with Crippen LogP contribution in [-0.2, 0) is 0 Å². The fourth-order valence-electron chi connectivity index (χ4n) is 2.46. The summed E-state index contributed by atoms with van der Waals surface area (Å²) in [5.74, 6) is 3.06. The van der Waals surface area contributed by atoms with Crippen molar-refractivity contribution in [3.63, 3.8) is 0 Å². The lowest BCUT2D eigenvalue weighted by atomic mass is 10.2. The number of halogens is 1. The van der Waals surface area contributed by atoms with E-state index in [1.807, 2.05) is 36.6 Å². The van der Waals surface area contributed by atoms with Crippen molar-refractivity contribution in [3.8, 4) is 12.3 Å². The number of hydrogen-bond acceptors (Lipinski definition) is 5. The Balaban J connectivity index is 2.14. The van der Waals surface area contributed by atoms with Crippen molar-refractivity contribution >= 4 is 40.3 Å². The van der Waals surface area contributed by atoms with Crippen LogP contribution in [0.4, 0.5) is 5.82 Å². The molecule has 1 unspecified atom stereocenters. The number of fused-ring (bicyclic) bond motifs is 1. The molecule has 2 heterocycles. The SMILES string of the molecule is C#CCC(C)n1c(Sc2ccc(Cl)cc2C)nc2c(N)ncnc21. The number of anilines is 1. The fourth-order valence-corrected chi connectivity index (χ4v) is 3.74. The summed E-state index contributed by atoms with van der Waals surface area (Å²) in [7, 11) is 0. The quantitative estimate of drug-likeness (QED) is 0.711. The van der Waals surface area contributed by atoms with Gasteiger partial charge in [0.1, 0.15) is 6.33 Å². The second-order valence-corrected chi connectivity index (χ2v) is 6.91. The molecular formula is C17H16ClN5S. The summed E-state index contributed by atoms with van der Waals surface area (Å²) in [6.07, 6.45) is 7.51. The molecule has 3 rings (SSSR count). The molecule has 5 nitrogen and oxygen atoms in total. The van der Waals surface area contributed by atoms with E-state index in [4.69, 9.17) is 23.8 Å². The van der Waals surface area contributed by atoms with E-state index in [-0.39, 0.29) is 6.04 Å². The van der Waals surface area contributed by atoms with Gasteiger partial charge in [-0.15, -0.1) is 12.3 Å². The van der Waals surface area contributed by atoms with Crippen LogP contribution >= 0.6 is 23.4 Å². The van der Waals surface area contributed by atoms with E-state index in [0.29, 0.717) is 28.4 Å². The van der Waals surface area contributed by atoms with Crippen LogP contribution in [-0.4, -0.2) is 19.5 Å². The third-order valence-corrected chi connectivity index (χ3v) is 5.05. The Morgan fingerprint density at radius 2 is 2.21 bits per heavy atom. The van der Waals surface area contributed by atoms with Crippen LogP contribution in [0.3, 0.4) is 0 Å². The maximum Gasteiger partial charge on any atom is 0.175 e. The van der Waals surface area contributed by atoms with Crippen molar-refractivity contribution in [2.75, 3.05) is 5.73 Å². The number of rotatable bonds is 4. The van der Waals surface area contributed by atoms with Gasteiger partial charge in [-0.1, -0.05) is 23.4 Å². The molecular weight excluding hydrogens is 342 g/mol. The number of nitrogens with zero attached hydrogens (tertiary/aromatic N) is 4. The smallest absolute Gasteiger partial charge is 0.175 e. The van der Waals surface area contributed by atoms with Gasteiger partial charge in [0.2, 0.25) is 0 Å². The first-order valence-electron chi connectivity index (χ1n) is 7.37. The highest BCUT2D eigenvalue weighted by molar-refractivity contribution is 7.99. The highest BCUT2D eigenvalue weighted by Gasteiger charge is 2.20. The molecule has 0 aliphatic rings. The first kappa shape index (κ1) is 16.6. The number of benzene rings is 1. The normalized spacial score (nSPS) is 12.2. The summed E-state index contributed by atoms with van der Waals surface area (Å²) in [6.45, 7) is 4.05. The zero-order valence-corrected chi connectivity index (χ0v) is 14.9. The lowest BCUT2D eigenvalue weighted by molar-refractivity contribution is 0.529.